The molecule has 0 unspecified atom stereocenters. The molecular formula is C15H23N3. The Bertz CT molecular complexity index is 383. The van der Waals surface area contributed by atoms with Crippen molar-refractivity contribution in [2.75, 3.05) is 6.54 Å². The molecule has 98 valence electrons. The van der Waals surface area contributed by atoms with Gasteiger partial charge in [0.1, 0.15) is 6.33 Å². The number of hydrogen-bond donors (Lipinski definition) is 0. The lowest BCUT2D eigenvalue weighted by atomic mass is 9.94. The van der Waals surface area contributed by atoms with E-state index in [0.29, 0.717) is 0 Å². The minimum Gasteiger partial charge on any atom is -0.296 e. The first-order chi connectivity index (χ1) is 8.93. The van der Waals surface area contributed by atoms with Crippen LogP contribution in [0, 0.1) is 0 Å². The summed E-state index contributed by atoms with van der Waals surface area (Å²) >= 11 is 0. The van der Waals surface area contributed by atoms with Crippen LogP contribution in [0.1, 0.15) is 56.2 Å². The van der Waals surface area contributed by atoms with Gasteiger partial charge in [0.25, 0.3) is 0 Å². The maximum atomic E-state index is 4.39. The summed E-state index contributed by atoms with van der Waals surface area (Å²) in [6.45, 7) is 2.26. The standard InChI is InChI=1S/C15H23N3/c1-2-4-6-14(7-5-3-1)18-9-8-15-13(11-18)10-16-12-17-15/h10,12,14H,1-9,11H2. The highest BCUT2D eigenvalue weighted by atomic mass is 15.2. The fourth-order valence-electron chi connectivity index (χ4n) is 3.40. The molecule has 3 rings (SSSR count). The van der Waals surface area contributed by atoms with Gasteiger partial charge in [-0.2, -0.15) is 0 Å². The van der Waals surface area contributed by atoms with E-state index < -0.39 is 0 Å². The van der Waals surface area contributed by atoms with Crippen LogP contribution in [0.2, 0.25) is 0 Å². The van der Waals surface area contributed by atoms with Gasteiger partial charge in [0.15, 0.2) is 0 Å². The van der Waals surface area contributed by atoms with E-state index in [1.807, 2.05) is 6.20 Å². The number of rotatable bonds is 1. The Balaban J connectivity index is 1.66. The van der Waals surface area contributed by atoms with Gasteiger partial charge < -0.3 is 0 Å². The van der Waals surface area contributed by atoms with Crippen molar-refractivity contribution in [1.29, 1.82) is 0 Å². The number of hydrogen-bond acceptors (Lipinski definition) is 3. The lowest BCUT2D eigenvalue weighted by Gasteiger charge is -2.36. The van der Waals surface area contributed by atoms with Gasteiger partial charge in [0.2, 0.25) is 0 Å². The summed E-state index contributed by atoms with van der Waals surface area (Å²) in [7, 11) is 0. The van der Waals surface area contributed by atoms with E-state index in [1.54, 1.807) is 6.33 Å². The van der Waals surface area contributed by atoms with Crippen molar-refractivity contribution < 1.29 is 0 Å². The molecule has 0 radical (unpaired) electrons. The molecule has 1 aliphatic heterocycles. The molecule has 2 heterocycles. The van der Waals surface area contributed by atoms with Crippen LogP contribution in [0.25, 0.3) is 0 Å². The zero-order chi connectivity index (χ0) is 12.2. The summed E-state index contributed by atoms with van der Waals surface area (Å²) in [6.07, 6.45) is 14.7. The molecule has 0 saturated heterocycles. The Morgan fingerprint density at radius 3 is 2.67 bits per heavy atom. The molecule has 3 nitrogen and oxygen atoms in total. The molecule has 0 atom stereocenters. The highest BCUT2D eigenvalue weighted by Crippen LogP contribution is 2.25. The van der Waals surface area contributed by atoms with Crippen LogP contribution >= 0.6 is 0 Å². The zero-order valence-corrected chi connectivity index (χ0v) is 11.1. The minimum atomic E-state index is 0.804. The second-order valence-electron chi connectivity index (χ2n) is 5.71. The SMILES string of the molecule is c1ncc2c(n1)CCN(C1CCCCCCC1)C2. The third kappa shape index (κ3) is 2.72. The van der Waals surface area contributed by atoms with Gasteiger partial charge in [-0.05, 0) is 12.8 Å². The molecule has 1 aliphatic carbocycles. The van der Waals surface area contributed by atoms with Crippen molar-refractivity contribution in [3.8, 4) is 0 Å². The molecule has 1 aromatic rings. The second kappa shape index (κ2) is 5.79. The van der Waals surface area contributed by atoms with Gasteiger partial charge in [0, 0.05) is 43.0 Å². The lowest BCUT2D eigenvalue weighted by molar-refractivity contribution is 0.149. The van der Waals surface area contributed by atoms with Crippen molar-refractivity contribution in [1.82, 2.24) is 14.9 Å². The fourth-order valence-corrected chi connectivity index (χ4v) is 3.40. The Morgan fingerprint density at radius 2 is 1.83 bits per heavy atom. The molecule has 0 amide bonds. The van der Waals surface area contributed by atoms with E-state index >= 15 is 0 Å². The number of nitrogens with zero attached hydrogens (tertiary/aromatic N) is 3. The number of fused-ring (bicyclic) bond motifs is 1. The Labute approximate surface area is 110 Å². The molecule has 0 spiro atoms. The summed E-state index contributed by atoms with van der Waals surface area (Å²) in [6, 6.07) is 0.804. The van der Waals surface area contributed by atoms with Crippen molar-refractivity contribution in [2.24, 2.45) is 0 Å². The zero-order valence-electron chi connectivity index (χ0n) is 11.1. The van der Waals surface area contributed by atoms with E-state index in [-0.39, 0.29) is 0 Å². The Morgan fingerprint density at radius 1 is 1.06 bits per heavy atom. The Hall–Kier alpha value is -0.960. The van der Waals surface area contributed by atoms with Crippen molar-refractivity contribution in [2.45, 2.75) is 64.0 Å². The summed E-state index contributed by atoms with van der Waals surface area (Å²) in [5, 5.41) is 0. The van der Waals surface area contributed by atoms with Crippen LogP contribution in [0.15, 0.2) is 12.5 Å². The van der Waals surface area contributed by atoms with Crippen LogP contribution in [0.5, 0.6) is 0 Å². The van der Waals surface area contributed by atoms with Gasteiger partial charge in [-0.15, -0.1) is 0 Å². The maximum Gasteiger partial charge on any atom is 0.115 e. The van der Waals surface area contributed by atoms with Crippen molar-refractivity contribution in [3.63, 3.8) is 0 Å². The molecule has 3 heteroatoms. The summed E-state index contributed by atoms with van der Waals surface area (Å²) in [5.41, 5.74) is 2.62. The highest BCUT2D eigenvalue weighted by Gasteiger charge is 2.24. The summed E-state index contributed by atoms with van der Waals surface area (Å²) in [4.78, 5) is 11.2. The third-order valence-electron chi connectivity index (χ3n) is 4.48. The summed E-state index contributed by atoms with van der Waals surface area (Å²) in [5.74, 6) is 0. The average Bonchev–Trinajstić information content (AvgIpc) is 2.38. The van der Waals surface area contributed by atoms with Crippen LogP contribution in [-0.2, 0) is 13.0 Å². The smallest absolute Gasteiger partial charge is 0.115 e. The molecule has 2 aliphatic rings. The average molecular weight is 245 g/mol. The molecular weight excluding hydrogens is 222 g/mol. The van der Waals surface area contributed by atoms with E-state index in [1.165, 1.54) is 62.7 Å². The first-order valence-electron chi connectivity index (χ1n) is 7.45. The predicted octanol–water partition coefficient (Wildman–Crippen LogP) is 2.95. The quantitative estimate of drug-likeness (QED) is 0.761. The van der Waals surface area contributed by atoms with Gasteiger partial charge in [-0.25, -0.2) is 9.97 Å². The van der Waals surface area contributed by atoms with E-state index in [9.17, 15) is 0 Å². The monoisotopic (exact) mass is 245 g/mol. The van der Waals surface area contributed by atoms with Crippen molar-refractivity contribution in [3.05, 3.63) is 23.8 Å². The normalized spacial score (nSPS) is 23.1. The van der Waals surface area contributed by atoms with Crippen LogP contribution in [0.4, 0.5) is 0 Å². The largest absolute Gasteiger partial charge is 0.296 e. The van der Waals surface area contributed by atoms with Gasteiger partial charge >= 0.3 is 0 Å². The summed E-state index contributed by atoms with van der Waals surface area (Å²) < 4.78 is 0. The van der Waals surface area contributed by atoms with Crippen LogP contribution < -0.4 is 0 Å². The topological polar surface area (TPSA) is 29.0 Å². The molecule has 18 heavy (non-hydrogen) atoms. The van der Waals surface area contributed by atoms with Crippen LogP contribution in [0.3, 0.4) is 0 Å². The highest BCUT2D eigenvalue weighted by molar-refractivity contribution is 5.19. The van der Waals surface area contributed by atoms with E-state index in [4.69, 9.17) is 0 Å². The van der Waals surface area contributed by atoms with Gasteiger partial charge in [-0.1, -0.05) is 32.1 Å². The number of aromatic nitrogens is 2. The molecule has 1 aromatic heterocycles. The van der Waals surface area contributed by atoms with Crippen LogP contribution in [-0.4, -0.2) is 27.5 Å². The molecule has 0 bridgehead atoms. The fraction of sp³-hybridized carbons (Fsp3) is 0.733. The third-order valence-corrected chi connectivity index (χ3v) is 4.48. The van der Waals surface area contributed by atoms with Gasteiger partial charge in [0.05, 0.1) is 0 Å². The second-order valence-corrected chi connectivity index (χ2v) is 5.71. The Kier molecular flexibility index (Phi) is 3.89. The van der Waals surface area contributed by atoms with Gasteiger partial charge in [-0.3, -0.25) is 4.90 Å². The molecule has 1 fully saturated rings. The molecule has 0 aromatic carbocycles. The predicted molar refractivity (Wildman–Crippen MR) is 72.3 cm³/mol. The van der Waals surface area contributed by atoms with Crippen molar-refractivity contribution >= 4 is 0 Å². The minimum absolute atomic E-state index is 0.804. The van der Waals surface area contributed by atoms with E-state index in [2.05, 4.69) is 14.9 Å². The first-order valence-corrected chi connectivity index (χ1v) is 7.45. The van der Waals surface area contributed by atoms with E-state index in [0.717, 1.165) is 19.0 Å². The first kappa shape index (κ1) is 12.1. The molecule has 1 saturated carbocycles. The molecule has 0 N–H and O–H groups in total. The lowest BCUT2D eigenvalue weighted by Crippen LogP contribution is -2.40. The maximum absolute atomic E-state index is 4.39.